The fourth-order valence-electron chi connectivity index (χ4n) is 0.175. The van der Waals surface area contributed by atoms with E-state index in [1.165, 1.54) is 6.92 Å². The molecule has 0 radical (unpaired) electrons. The molecule has 1 unspecified atom stereocenters. The molecule has 1 atom stereocenters. The molecule has 0 aromatic carbocycles. The number of nitrogens with one attached hydrogen (secondary N) is 1. The van der Waals surface area contributed by atoms with Crippen molar-refractivity contribution in [2.24, 2.45) is 11.8 Å². The Bertz CT molecular complexity index is 102. The highest BCUT2D eigenvalue weighted by molar-refractivity contribution is 5.87. The van der Waals surface area contributed by atoms with Crippen LogP contribution < -0.4 is 5.90 Å². The van der Waals surface area contributed by atoms with E-state index < -0.39 is 11.9 Å². The molecule has 8 heavy (non-hydrogen) atoms. The lowest BCUT2D eigenvalue weighted by atomic mass is 10.2. The number of hydrogen-bond acceptors (Lipinski definition) is 4. The third-order valence-electron chi connectivity index (χ3n) is 0.738. The molecular formula is C4H8N2O2. The summed E-state index contributed by atoms with van der Waals surface area (Å²) in [5, 5.41) is 6.56. The maximum atomic E-state index is 10.2. The predicted octanol–water partition coefficient (Wildman–Crippen LogP) is -0.311. The zero-order valence-electron chi connectivity index (χ0n) is 4.55. The molecular weight excluding hydrogens is 108 g/mol. The Balaban J connectivity index is 3.62. The highest BCUT2D eigenvalue weighted by Gasteiger charge is 2.08. The van der Waals surface area contributed by atoms with Crippen molar-refractivity contribution in [2.75, 3.05) is 0 Å². The number of rotatable bonds is 2. The topological polar surface area (TPSA) is 76.2 Å². The molecule has 0 bridgehead atoms. The van der Waals surface area contributed by atoms with Crippen molar-refractivity contribution in [1.29, 1.82) is 5.41 Å². The van der Waals surface area contributed by atoms with E-state index in [0.29, 0.717) is 0 Å². The molecule has 0 saturated heterocycles. The van der Waals surface area contributed by atoms with Gasteiger partial charge >= 0.3 is 5.97 Å². The molecule has 0 aromatic rings. The summed E-state index contributed by atoms with van der Waals surface area (Å²) < 4.78 is 0. The number of hydrogen-bond donors (Lipinski definition) is 2. The summed E-state index contributed by atoms with van der Waals surface area (Å²) in [5.41, 5.74) is 0. The van der Waals surface area contributed by atoms with E-state index in [1.807, 2.05) is 0 Å². The molecule has 0 amide bonds. The van der Waals surface area contributed by atoms with Crippen LogP contribution in [0.15, 0.2) is 0 Å². The molecule has 4 heteroatoms. The lowest BCUT2D eigenvalue weighted by molar-refractivity contribution is -0.146. The monoisotopic (exact) mass is 116 g/mol. The Hall–Kier alpha value is -0.900. The summed E-state index contributed by atoms with van der Waals surface area (Å²) in [7, 11) is 0. The zero-order chi connectivity index (χ0) is 6.57. The molecule has 3 N–H and O–H groups in total. The van der Waals surface area contributed by atoms with Crippen molar-refractivity contribution in [3.63, 3.8) is 0 Å². The number of carbonyl (C=O) groups is 1. The van der Waals surface area contributed by atoms with Crippen LogP contribution in [-0.4, -0.2) is 12.2 Å². The Morgan fingerprint density at radius 1 is 2.00 bits per heavy atom. The molecule has 0 aliphatic heterocycles. The van der Waals surface area contributed by atoms with Crippen LogP contribution in [0.25, 0.3) is 0 Å². The van der Waals surface area contributed by atoms with Crippen LogP contribution in [0, 0.1) is 11.3 Å². The lowest BCUT2D eigenvalue weighted by Crippen LogP contribution is -2.18. The smallest absolute Gasteiger partial charge is 0.332 e. The Morgan fingerprint density at radius 2 is 2.50 bits per heavy atom. The van der Waals surface area contributed by atoms with Gasteiger partial charge in [-0.05, 0) is 6.92 Å². The standard InChI is InChI=1S/C4H8N2O2/c1-3(2-5)4(7)8-6/h2-3,5H,6H2,1H3. The van der Waals surface area contributed by atoms with E-state index in [9.17, 15) is 4.79 Å². The van der Waals surface area contributed by atoms with Crippen LogP contribution >= 0.6 is 0 Å². The van der Waals surface area contributed by atoms with Crippen LogP contribution in [0.4, 0.5) is 0 Å². The van der Waals surface area contributed by atoms with E-state index in [0.717, 1.165) is 6.21 Å². The van der Waals surface area contributed by atoms with Gasteiger partial charge in [-0.15, -0.1) is 0 Å². The van der Waals surface area contributed by atoms with Crippen molar-refractivity contribution >= 4 is 12.2 Å². The zero-order valence-corrected chi connectivity index (χ0v) is 4.55. The molecule has 0 aliphatic carbocycles. The highest BCUT2D eigenvalue weighted by Crippen LogP contribution is 1.88. The lowest BCUT2D eigenvalue weighted by Gasteiger charge is -1.97. The largest absolute Gasteiger partial charge is 0.373 e. The highest BCUT2D eigenvalue weighted by atomic mass is 16.7. The van der Waals surface area contributed by atoms with Crippen molar-refractivity contribution in [3.8, 4) is 0 Å². The van der Waals surface area contributed by atoms with Crippen LogP contribution in [0.5, 0.6) is 0 Å². The minimum atomic E-state index is -0.583. The first-order chi connectivity index (χ1) is 3.72. The van der Waals surface area contributed by atoms with Gasteiger partial charge in [0.05, 0.1) is 5.92 Å². The molecule has 0 aromatic heterocycles. The minimum absolute atomic E-state index is 0.528. The first kappa shape index (κ1) is 7.10. The average Bonchev–Trinajstić information content (AvgIpc) is 1.84. The van der Waals surface area contributed by atoms with E-state index in [-0.39, 0.29) is 0 Å². The summed E-state index contributed by atoms with van der Waals surface area (Å²) in [6.07, 6.45) is 0.967. The Labute approximate surface area is 47.1 Å². The van der Waals surface area contributed by atoms with Crippen molar-refractivity contribution in [1.82, 2.24) is 0 Å². The number of nitrogens with two attached hydrogens (primary N) is 1. The van der Waals surface area contributed by atoms with Gasteiger partial charge in [0.2, 0.25) is 0 Å². The van der Waals surface area contributed by atoms with Crippen molar-refractivity contribution < 1.29 is 9.63 Å². The fraction of sp³-hybridized carbons (Fsp3) is 0.500. The van der Waals surface area contributed by atoms with E-state index >= 15 is 0 Å². The first-order valence-electron chi connectivity index (χ1n) is 2.13. The van der Waals surface area contributed by atoms with Gasteiger partial charge in [0.15, 0.2) is 0 Å². The van der Waals surface area contributed by atoms with Gasteiger partial charge in [0.25, 0.3) is 0 Å². The molecule has 0 saturated carbocycles. The normalized spacial score (nSPS) is 12.2. The summed E-state index contributed by atoms with van der Waals surface area (Å²) in [6, 6.07) is 0. The summed E-state index contributed by atoms with van der Waals surface area (Å²) >= 11 is 0. The predicted molar refractivity (Wildman–Crippen MR) is 28.2 cm³/mol. The van der Waals surface area contributed by atoms with Gasteiger partial charge in [-0.1, -0.05) is 0 Å². The Morgan fingerprint density at radius 3 is 2.62 bits per heavy atom. The van der Waals surface area contributed by atoms with Gasteiger partial charge < -0.3 is 10.2 Å². The molecule has 46 valence electrons. The van der Waals surface area contributed by atoms with Crippen LogP contribution in [-0.2, 0) is 9.63 Å². The Kier molecular flexibility index (Phi) is 2.79. The molecule has 0 aliphatic rings. The summed E-state index contributed by atoms with van der Waals surface area (Å²) in [5.74, 6) is 3.38. The van der Waals surface area contributed by atoms with Gasteiger partial charge in [0.1, 0.15) is 0 Å². The van der Waals surface area contributed by atoms with Crippen molar-refractivity contribution in [3.05, 3.63) is 0 Å². The summed E-state index contributed by atoms with van der Waals surface area (Å²) in [6.45, 7) is 1.53. The maximum absolute atomic E-state index is 10.2. The molecule has 4 nitrogen and oxygen atoms in total. The third kappa shape index (κ3) is 1.70. The minimum Gasteiger partial charge on any atom is -0.373 e. The first-order valence-corrected chi connectivity index (χ1v) is 2.13. The van der Waals surface area contributed by atoms with Crippen LogP contribution in [0.2, 0.25) is 0 Å². The SMILES string of the molecule is CC(C=N)C(=O)ON. The van der Waals surface area contributed by atoms with E-state index in [4.69, 9.17) is 5.41 Å². The molecule has 0 heterocycles. The average molecular weight is 116 g/mol. The second-order valence-electron chi connectivity index (χ2n) is 1.39. The van der Waals surface area contributed by atoms with E-state index in [2.05, 4.69) is 10.7 Å². The van der Waals surface area contributed by atoms with Gasteiger partial charge in [0, 0.05) is 6.21 Å². The molecule has 0 rings (SSSR count). The molecule has 0 spiro atoms. The van der Waals surface area contributed by atoms with Crippen LogP contribution in [0.1, 0.15) is 6.92 Å². The van der Waals surface area contributed by atoms with Crippen molar-refractivity contribution in [2.45, 2.75) is 6.92 Å². The second kappa shape index (κ2) is 3.15. The van der Waals surface area contributed by atoms with Gasteiger partial charge in [-0.3, -0.25) is 0 Å². The summed E-state index contributed by atoms with van der Waals surface area (Å²) in [4.78, 5) is 14.1. The fourth-order valence-corrected chi connectivity index (χ4v) is 0.175. The third-order valence-corrected chi connectivity index (χ3v) is 0.738. The van der Waals surface area contributed by atoms with Gasteiger partial charge in [-0.25, -0.2) is 4.79 Å². The molecule has 0 fully saturated rings. The van der Waals surface area contributed by atoms with Gasteiger partial charge in [-0.2, -0.15) is 5.90 Å². The maximum Gasteiger partial charge on any atom is 0.332 e. The number of carbonyl (C=O) groups excluding carboxylic acids is 1. The van der Waals surface area contributed by atoms with Crippen LogP contribution in [0.3, 0.4) is 0 Å². The quantitative estimate of drug-likeness (QED) is 0.383. The second-order valence-corrected chi connectivity index (χ2v) is 1.39. The van der Waals surface area contributed by atoms with E-state index in [1.54, 1.807) is 0 Å².